The fraction of sp³-hybridized carbons (Fsp3) is 0.733. The Morgan fingerprint density at radius 1 is 1.53 bits per heavy atom. The van der Waals surface area contributed by atoms with Gasteiger partial charge in [-0.05, 0) is 52.4 Å². The Labute approximate surface area is 106 Å². The molecule has 0 spiro atoms. The molecule has 1 rings (SSSR count). The summed E-state index contributed by atoms with van der Waals surface area (Å²) in [5.41, 5.74) is 2.85. The molecule has 0 aromatic rings. The van der Waals surface area contributed by atoms with E-state index in [1.807, 2.05) is 13.8 Å². The van der Waals surface area contributed by atoms with E-state index in [-0.39, 0.29) is 6.29 Å². The van der Waals surface area contributed by atoms with E-state index in [1.54, 1.807) is 0 Å². The molecule has 0 amide bonds. The van der Waals surface area contributed by atoms with Crippen molar-refractivity contribution in [1.82, 2.24) is 0 Å². The van der Waals surface area contributed by atoms with Gasteiger partial charge in [-0.25, -0.2) is 0 Å². The van der Waals surface area contributed by atoms with Crippen LogP contribution in [0.5, 0.6) is 0 Å². The average Bonchev–Trinajstić information content (AvgIpc) is 2.30. The summed E-state index contributed by atoms with van der Waals surface area (Å²) in [4.78, 5) is 0. The maximum Gasteiger partial charge on any atom is 0.154 e. The van der Waals surface area contributed by atoms with Crippen molar-refractivity contribution in [3.63, 3.8) is 0 Å². The number of hydrogen-bond donors (Lipinski definition) is 0. The van der Waals surface area contributed by atoms with Crippen LogP contribution >= 0.6 is 0 Å². The molecule has 1 aliphatic rings. The SMILES string of the molecule is C=C(CCOC(C)OCC)C1CC=C(C)CC1. The first-order valence-corrected chi connectivity index (χ1v) is 6.70. The first-order chi connectivity index (χ1) is 8.13. The number of ether oxygens (including phenoxy) is 2. The van der Waals surface area contributed by atoms with Crippen molar-refractivity contribution >= 4 is 0 Å². The van der Waals surface area contributed by atoms with Gasteiger partial charge in [0.1, 0.15) is 0 Å². The van der Waals surface area contributed by atoms with E-state index in [4.69, 9.17) is 9.47 Å². The summed E-state index contributed by atoms with van der Waals surface area (Å²) in [6.07, 6.45) is 6.84. The van der Waals surface area contributed by atoms with E-state index < -0.39 is 0 Å². The molecule has 0 aromatic heterocycles. The normalized spacial score (nSPS) is 22.1. The molecule has 2 nitrogen and oxygen atoms in total. The monoisotopic (exact) mass is 238 g/mol. The average molecular weight is 238 g/mol. The molecule has 98 valence electrons. The Morgan fingerprint density at radius 2 is 2.29 bits per heavy atom. The molecule has 17 heavy (non-hydrogen) atoms. The maximum absolute atomic E-state index is 5.57. The van der Waals surface area contributed by atoms with Gasteiger partial charge in [0.05, 0.1) is 6.61 Å². The summed E-state index contributed by atoms with van der Waals surface area (Å²) in [6.45, 7) is 11.8. The second kappa shape index (κ2) is 7.67. The minimum atomic E-state index is -0.0960. The van der Waals surface area contributed by atoms with Gasteiger partial charge in [0.2, 0.25) is 0 Å². The Bertz CT molecular complexity index is 268. The Hall–Kier alpha value is -0.600. The molecular weight excluding hydrogens is 212 g/mol. The van der Waals surface area contributed by atoms with E-state index >= 15 is 0 Å². The second-order valence-electron chi connectivity index (χ2n) is 4.82. The molecule has 0 bridgehead atoms. The van der Waals surface area contributed by atoms with Crippen molar-refractivity contribution in [2.75, 3.05) is 13.2 Å². The predicted molar refractivity (Wildman–Crippen MR) is 71.9 cm³/mol. The zero-order chi connectivity index (χ0) is 12.7. The van der Waals surface area contributed by atoms with Crippen molar-refractivity contribution < 1.29 is 9.47 Å². The first-order valence-electron chi connectivity index (χ1n) is 6.70. The molecule has 0 radical (unpaired) electrons. The molecule has 2 atom stereocenters. The van der Waals surface area contributed by atoms with Gasteiger partial charge in [-0.15, -0.1) is 0 Å². The van der Waals surface area contributed by atoms with Crippen LogP contribution in [0, 0.1) is 5.92 Å². The van der Waals surface area contributed by atoms with Gasteiger partial charge in [0.15, 0.2) is 6.29 Å². The van der Waals surface area contributed by atoms with Gasteiger partial charge in [-0.3, -0.25) is 0 Å². The molecule has 0 fully saturated rings. The third kappa shape index (κ3) is 5.51. The highest BCUT2D eigenvalue weighted by molar-refractivity contribution is 5.11. The third-order valence-corrected chi connectivity index (χ3v) is 3.39. The second-order valence-corrected chi connectivity index (χ2v) is 4.82. The lowest BCUT2D eigenvalue weighted by Crippen LogP contribution is -2.15. The lowest BCUT2D eigenvalue weighted by molar-refractivity contribution is -0.126. The van der Waals surface area contributed by atoms with Crippen LogP contribution in [0.15, 0.2) is 23.8 Å². The fourth-order valence-corrected chi connectivity index (χ4v) is 2.18. The van der Waals surface area contributed by atoms with Gasteiger partial charge in [-0.1, -0.05) is 23.8 Å². The minimum Gasteiger partial charge on any atom is -0.353 e. The predicted octanol–water partition coefficient (Wildman–Crippen LogP) is 4.08. The molecule has 1 aliphatic carbocycles. The Kier molecular flexibility index (Phi) is 6.53. The molecule has 2 heteroatoms. The number of hydrogen-bond acceptors (Lipinski definition) is 2. The van der Waals surface area contributed by atoms with Crippen molar-refractivity contribution in [1.29, 1.82) is 0 Å². The van der Waals surface area contributed by atoms with E-state index in [0.717, 1.165) is 19.4 Å². The van der Waals surface area contributed by atoms with Gasteiger partial charge < -0.3 is 9.47 Å². The number of rotatable bonds is 7. The highest BCUT2D eigenvalue weighted by Gasteiger charge is 2.15. The fourth-order valence-electron chi connectivity index (χ4n) is 2.18. The zero-order valence-electron chi connectivity index (χ0n) is 11.5. The van der Waals surface area contributed by atoms with E-state index in [2.05, 4.69) is 19.6 Å². The van der Waals surface area contributed by atoms with E-state index in [0.29, 0.717) is 12.5 Å². The van der Waals surface area contributed by atoms with Gasteiger partial charge >= 0.3 is 0 Å². The molecule has 0 saturated carbocycles. The summed E-state index contributed by atoms with van der Waals surface area (Å²) in [5, 5.41) is 0. The van der Waals surface area contributed by atoms with Crippen molar-refractivity contribution in [2.45, 2.75) is 52.7 Å². The van der Waals surface area contributed by atoms with Crippen LogP contribution in [-0.4, -0.2) is 19.5 Å². The van der Waals surface area contributed by atoms with Gasteiger partial charge in [0.25, 0.3) is 0 Å². The standard InChI is InChI=1S/C15H26O2/c1-5-16-14(4)17-11-10-13(3)15-8-6-12(2)7-9-15/h6,14-15H,3,5,7-11H2,1-2,4H3. The van der Waals surface area contributed by atoms with Crippen LogP contribution in [0.2, 0.25) is 0 Å². The molecule has 2 unspecified atom stereocenters. The van der Waals surface area contributed by atoms with E-state index in [9.17, 15) is 0 Å². The molecule has 0 saturated heterocycles. The zero-order valence-corrected chi connectivity index (χ0v) is 11.5. The van der Waals surface area contributed by atoms with Crippen LogP contribution in [0.4, 0.5) is 0 Å². The van der Waals surface area contributed by atoms with Crippen molar-refractivity contribution in [3.05, 3.63) is 23.8 Å². The Balaban J connectivity index is 2.17. The summed E-state index contributed by atoms with van der Waals surface area (Å²) in [5.74, 6) is 0.657. The first kappa shape index (κ1) is 14.5. The summed E-state index contributed by atoms with van der Waals surface area (Å²) < 4.78 is 10.9. The highest BCUT2D eigenvalue weighted by atomic mass is 16.7. The summed E-state index contributed by atoms with van der Waals surface area (Å²) >= 11 is 0. The Morgan fingerprint density at radius 3 is 2.88 bits per heavy atom. The molecule has 0 aromatic carbocycles. The highest BCUT2D eigenvalue weighted by Crippen LogP contribution is 2.29. The van der Waals surface area contributed by atoms with Crippen molar-refractivity contribution in [3.8, 4) is 0 Å². The molecular formula is C15H26O2. The lowest BCUT2D eigenvalue weighted by atomic mass is 9.84. The van der Waals surface area contributed by atoms with Crippen molar-refractivity contribution in [2.24, 2.45) is 5.92 Å². The molecule has 0 heterocycles. The molecule has 0 N–H and O–H groups in total. The lowest BCUT2D eigenvalue weighted by Gasteiger charge is -2.23. The third-order valence-electron chi connectivity index (χ3n) is 3.39. The maximum atomic E-state index is 5.57. The van der Waals surface area contributed by atoms with Crippen LogP contribution in [0.3, 0.4) is 0 Å². The van der Waals surface area contributed by atoms with Crippen LogP contribution in [0.1, 0.15) is 46.5 Å². The van der Waals surface area contributed by atoms with Crippen LogP contribution in [0.25, 0.3) is 0 Å². The largest absolute Gasteiger partial charge is 0.353 e. The smallest absolute Gasteiger partial charge is 0.154 e. The van der Waals surface area contributed by atoms with Crippen LogP contribution < -0.4 is 0 Å². The quantitative estimate of drug-likeness (QED) is 0.491. The van der Waals surface area contributed by atoms with Crippen LogP contribution in [-0.2, 0) is 9.47 Å². The minimum absolute atomic E-state index is 0.0960. The van der Waals surface area contributed by atoms with E-state index in [1.165, 1.54) is 24.0 Å². The van der Waals surface area contributed by atoms with Gasteiger partial charge in [0, 0.05) is 6.61 Å². The number of allylic oxidation sites excluding steroid dienone is 2. The summed E-state index contributed by atoms with van der Waals surface area (Å²) in [6, 6.07) is 0. The summed E-state index contributed by atoms with van der Waals surface area (Å²) in [7, 11) is 0. The van der Waals surface area contributed by atoms with Gasteiger partial charge in [-0.2, -0.15) is 0 Å². The topological polar surface area (TPSA) is 18.5 Å². The molecule has 0 aliphatic heterocycles.